The maximum absolute atomic E-state index is 6.28. The lowest BCUT2D eigenvalue weighted by Crippen LogP contribution is -2.26. The van der Waals surface area contributed by atoms with Crippen LogP contribution in [-0.2, 0) is 5.41 Å². The van der Waals surface area contributed by atoms with Crippen LogP contribution in [0.4, 0.5) is 11.4 Å². The highest BCUT2D eigenvalue weighted by atomic mass is 15.2. The van der Waals surface area contributed by atoms with Crippen LogP contribution in [0.5, 0.6) is 0 Å². The third-order valence-corrected chi connectivity index (χ3v) is 6.28. The molecule has 0 saturated heterocycles. The molecule has 0 aliphatic heterocycles. The first-order chi connectivity index (χ1) is 13.7. The van der Waals surface area contributed by atoms with E-state index in [1.165, 1.54) is 44.5 Å². The molecule has 1 spiro atoms. The van der Waals surface area contributed by atoms with Crippen LogP contribution in [0.3, 0.4) is 0 Å². The Bertz CT molecular complexity index is 1260. The number of hydrazine groups is 1. The molecule has 3 heteroatoms. The molecule has 134 valence electrons. The third kappa shape index (κ3) is 1.68. The highest BCUT2D eigenvalue weighted by molar-refractivity contribution is 5.96. The van der Waals surface area contributed by atoms with E-state index in [2.05, 4.69) is 78.2 Å². The molecular formula is C25H19N3. The minimum atomic E-state index is -0.375. The molecule has 0 saturated carbocycles. The molecule has 1 atom stereocenters. The molecular weight excluding hydrogens is 342 g/mol. The highest BCUT2D eigenvalue weighted by Gasteiger charge is 2.51. The zero-order valence-corrected chi connectivity index (χ0v) is 15.2. The summed E-state index contributed by atoms with van der Waals surface area (Å²) in [5, 5.41) is 0. The first-order valence-electron chi connectivity index (χ1n) is 9.46. The molecule has 1 unspecified atom stereocenters. The highest BCUT2D eigenvalue weighted by Crippen LogP contribution is 2.63. The number of nitrogens with one attached hydrogen (secondary N) is 1. The Hall–Kier alpha value is -3.56. The number of nitrogens with two attached hydrogens (primary N) is 2. The van der Waals surface area contributed by atoms with E-state index in [4.69, 9.17) is 11.6 Å². The van der Waals surface area contributed by atoms with E-state index in [9.17, 15) is 0 Å². The second-order valence-corrected chi connectivity index (χ2v) is 7.55. The zero-order valence-electron chi connectivity index (χ0n) is 15.2. The number of hydrogen-bond donors (Lipinski definition) is 3. The molecule has 2 aliphatic rings. The van der Waals surface area contributed by atoms with Gasteiger partial charge in [0.15, 0.2) is 0 Å². The molecule has 0 amide bonds. The average Bonchev–Trinajstić information content (AvgIpc) is 3.20. The van der Waals surface area contributed by atoms with E-state index in [1.807, 2.05) is 12.1 Å². The number of benzene rings is 4. The van der Waals surface area contributed by atoms with Crippen molar-refractivity contribution in [3.8, 4) is 22.3 Å². The fourth-order valence-electron chi connectivity index (χ4n) is 5.25. The summed E-state index contributed by atoms with van der Waals surface area (Å²) in [6.45, 7) is 0. The summed E-state index contributed by atoms with van der Waals surface area (Å²) in [6.07, 6.45) is 0. The Morgan fingerprint density at radius 1 is 0.571 bits per heavy atom. The maximum atomic E-state index is 6.28. The molecule has 0 fully saturated rings. The molecule has 0 aromatic heterocycles. The summed E-state index contributed by atoms with van der Waals surface area (Å²) in [5.74, 6) is 5.78. The number of anilines is 2. The van der Waals surface area contributed by atoms with Gasteiger partial charge in [0.25, 0.3) is 0 Å². The fraction of sp³-hybridized carbons (Fsp3) is 0.0400. The lowest BCUT2D eigenvalue weighted by molar-refractivity contribution is 0.794. The Balaban J connectivity index is 1.85. The van der Waals surface area contributed by atoms with Crippen LogP contribution < -0.4 is 17.0 Å². The molecule has 4 aromatic rings. The van der Waals surface area contributed by atoms with E-state index < -0.39 is 0 Å². The van der Waals surface area contributed by atoms with Gasteiger partial charge in [-0.3, -0.25) is 5.84 Å². The summed E-state index contributed by atoms with van der Waals surface area (Å²) in [7, 11) is 0. The zero-order chi connectivity index (χ0) is 18.9. The smallest absolute Gasteiger partial charge is 0.0727 e. The first-order valence-corrected chi connectivity index (χ1v) is 9.46. The Labute approximate surface area is 163 Å². The predicted octanol–water partition coefficient (Wildman–Crippen LogP) is 4.90. The van der Waals surface area contributed by atoms with Crippen molar-refractivity contribution < 1.29 is 0 Å². The lowest BCUT2D eigenvalue weighted by atomic mass is 9.70. The van der Waals surface area contributed by atoms with Gasteiger partial charge in [0, 0.05) is 11.4 Å². The summed E-state index contributed by atoms with van der Waals surface area (Å²) in [5.41, 5.74) is 20.6. The molecule has 0 bridgehead atoms. The second kappa shape index (κ2) is 5.24. The van der Waals surface area contributed by atoms with Crippen LogP contribution in [0.15, 0.2) is 84.9 Å². The van der Waals surface area contributed by atoms with Crippen LogP contribution >= 0.6 is 0 Å². The van der Waals surface area contributed by atoms with Crippen LogP contribution in [0.25, 0.3) is 22.3 Å². The fourth-order valence-corrected chi connectivity index (χ4v) is 5.25. The van der Waals surface area contributed by atoms with Crippen molar-refractivity contribution in [3.63, 3.8) is 0 Å². The standard InChI is InChI=1S/C25H19N3/c26-15-9-11-19-17-5-1-3-7-21(17)25(23(19)13-15)22-8-4-2-6-18(22)20-12-10-16(28-27)14-24(20)25/h1-14,28H,26-27H2. The van der Waals surface area contributed by atoms with Crippen molar-refractivity contribution in [2.75, 3.05) is 11.2 Å². The molecule has 5 N–H and O–H groups in total. The van der Waals surface area contributed by atoms with Gasteiger partial charge < -0.3 is 11.2 Å². The lowest BCUT2D eigenvalue weighted by Gasteiger charge is -2.30. The monoisotopic (exact) mass is 361 g/mol. The molecule has 0 heterocycles. The molecule has 0 radical (unpaired) electrons. The molecule has 4 aromatic carbocycles. The van der Waals surface area contributed by atoms with Gasteiger partial charge in [-0.2, -0.15) is 0 Å². The van der Waals surface area contributed by atoms with E-state index in [0.29, 0.717) is 0 Å². The SMILES string of the molecule is NNc1ccc2c(c1)C1(c3ccccc3-c3ccc(N)cc31)c1ccccc1-2. The molecule has 6 rings (SSSR count). The largest absolute Gasteiger partial charge is 0.399 e. The molecule has 2 aliphatic carbocycles. The maximum Gasteiger partial charge on any atom is 0.0727 e. The topological polar surface area (TPSA) is 64.1 Å². The average molecular weight is 361 g/mol. The first kappa shape index (κ1) is 15.5. The minimum absolute atomic E-state index is 0.375. The van der Waals surface area contributed by atoms with Crippen molar-refractivity contribution in [1.29, 1.82) is 0 Å². The van der Waals surface area contributed by atoms with Gasteiger partial charge in [-0.15, -0.1) is 0 Å². The van der Waals surface area contributed by atoms with Gasteiger partial charge in [0.2, 0.25) is 0 Å². The minimum Gasteiger partial charge on any atom is -0.399 e. The van der Waals surface area contributed by atoms with Gasteiger partial charge in [-0.05, 0) is 68.8 Å². The van der Waals surface area contributed by atoms with Crippen molar-refractivity contribution >= 4 is 11.4 Å². The van der Waals surface area contributed by atoms with Crippen LogP contribution in [0.1, 0.15) is 22.3 Å². The van der Waals surface area contributed by atoms with Gasteiger partial charge in [-0.25, -0.2) is 0 Å². The van der Waals surface area contributed by atoms with Gasteiger partial charge >= 0.3 is 0 Å². The number of fused-ring (bicyclic) bond motifs is 10. The predicted molar refractivity (Wildman–Crippen MR) is 115 cm³/mol. The van der Waals surface area contributed by atoms with Crippen molar-refractivity contribution in [2.24, 2.45) is 5.84 Å². The van der Waals surface area contributed by atoms with Crippen molar-refractivity contribution in [1.82, 2.24) is 0 Å². The van der Waals surface area contributed by atoms with Gasteiger partial charge in [-0.1, -0.05) is 60.7 Å². The van der Waals surface area contributed by atoms with Crippen LogP contribution in [0, 0.1) is 0 Å². The third-order valence-electron chi connectivity index (χ3n) is 6.28. The summed E-state index contributed by atoms with van der Waals surface area (Å²) < 4.78 is 0. The second-order valence-electron chi connectivity index (χ2n) is 7.55. The van der Waals surface area contributed by atoms with E-state index in [0.717, 1.165) is 11.4 Å². The van der Waals surface area contributed by atoms with Gasteiger partial charge in [0.05, 0.1) is 5.41 Å². The number of hydrogen-bond acceptors (Lipinski definition) is 3. The van der Waals surface area contributed by atoms with E-state index in [-0.39, 0.29) is 5.41 Å². The normalized spacial score (nSPS) is 17.8. The van der Waals surface area contributed by atoms with Crippen LogP contribution in [0.2, 0.25) is 0 Å². The Morgan fingerprint density at radius 2 is 1.11 bits per heavy atom. The molecule has 3 nitrogen and oxygen atoms in total. The van der Waals surface area contributed by atoms with Gasteiger partial charge in [0.1, 0.15) is 0 Å². The van der Waals surface area contributed by atoms with E-state index >= 15 is 0 Å². The molecule has 28 heavy (non-hydrogen) atoms. The summed E-state index contributed by atoms with van der Waals surface area (Å²) in [4.78, 5) is 0. The van der Waals surface area contributed by atoms with Crippen molar-refractivity contribution in [2.45, 2.75) is 5.41 Å². The number of rotatable bonds is 1. The van der Waals surface area contributed by atoms with E-state index in [1.54, 1.807) is 0 Å². The summed E-state index contributed by atoms with van der Waals surface area (Å²) in [6, 6.07) is 30.1. The quantitative estimate of drug-likeness (QED) is 0.222. The summed E-state index contributed by atoms with van der Waals surface area (Å²) >= 11 is 0. The number of nitrogen functional groups attached to an aromatic ring is 2. The Morgan fingerprint density at radius 3 is 1.75 bits per heavy atom. The Kier molecular flexibility index (Phi) is 2.90. The van der Waals surface area contributed by atoms with Crippen LogP contribution in [-0.4, -0.2) is 0 Å². The van der Waals surface area contributed by atoms with Crippen molar-refractivity contribution in [3.05, 3.63) is 107 Å².